The maximum absolute atomic E-state index is 13.2. The number of carbonyl (C=O) groups excluding carboxylic acids is 2. The van der Waals surface area contributed by atoms with Crippen LogP contribution in [0.2, 0.25) is 5.15 Å². The van der Waals surface area contributed by atoms with Gasteiger partial charge < -0.3 is 14.4 Å². The number of para-hydroxylation sites is 1. The first-order valence-corrected chi connectivity index (χ1v) is 12.6. The zero-order valence-corrected chi connectivity index (χ0v) is 22.0. The van der Waals surface area contributed by atoms with Gasteiger partial charge in [-0.15, -0.1) is 0 Å². The maximum Gasteiger partial charge on any atom is 0.258 e. The lowest BCUT2D eigenvalue weighted by Crippen LogP contribution is -2.35. The number of fused-ring (bicyclic) bond motifs is 1. The number of amides is 2. The van der Waals surface area contributed by atoms with E-state index in [-0.39, 0.29) is 23.0 Å². The lowest BCUT2D eigenvalue weighted by molar-refractivity contribution is -0.126. The molecule has 1 aromatic carbocycles. The van der Waals surface area contributed by atoms with Crippen LogP contribution in [0.5, 0.6) is 0 Å². The first kappa shape index (κ1) is 25.9. The van der Waals surface area contributed by atoms with E-state index in [9.17, 15) is 9.59 Å². The highest BCUT2D eigenvalue weighted by molar-refractivity contribution is 6.29. The third kappa shape index (κ3) is 5.94. The summed E-state index contributed by atoms with van der Waals surface area (Å²) in [6.45, 7) is 5.81. The second kappa shape index (κ2) is 11.2. The summed E-state index contributed by atoms with van der Waals surface area (Å²) in [5, 5.41) is 3.28. The number of likely N-dealkylation sites (tertiary alicyclic amines) is 1. The van der Waals surface area contributed by atoms with Gasteiger partial charge in [-0.05, 0) is 71.0 Å². The molecular weight excluding hydrogens is 476 g/mol. The van der Waals surface area contributed by atoms with Gasteiger partial charge >= 0.3 is 0 Å². The molecule has 0 unspecified atom stereocenters. The van der Waals surface area contributed by atoms with Gasteiger partial charge in [0.25, 0.3) is 5.91 Å². The molecule has 1 fully saturated rings. The van der Waals surface area contributed by atoms with Gasteiger partial charge in [-0.1, -0.05) is 29.8 Å². The smallest absolute Gasteiger partial charge is 0.258 e. The van der Waals surface area contributed by atoms with Crippen LogP contribution in [0, 0.1) is 13.8 Å². The van der Waals surface area contributed by atoms with Crippen LogP contribution < -0.4 is 5.32 Å². The fraction of sp³-hybridized carbons (Fsp3) is 0.407. The van der Waals surface area contributed by atoms with Gasteiger partial charge in [0, 0.05) is 37.0 Å². The van der Waals surface area contributed by atoms with Crippen molar-refractivity contribution in [2.45, 2.75) is 39.2 Å². The third-order valence-electron chi connectivity index (χ3n) is 6.38. The molecule has 1 atom stereocenters. The molecule has 1 N–H and O–H groups in total. The summed E-state index contributed by atoms with van der Waals surface area (Å²) in [4.78, 5) is 39.1. The van der Waals surface area contributed by atoms with E-state index in [0.29, 0.717) is 36.8 Å². The lowest BCUT2D eigenvalue weighted by Gasteiger charge is -2.26. The molecule has 4 rings (SSSR count). The number of nitrogens with one attached hydrogen (secondary N) is 1. The Morgan fingerprint density at radius 1 is 1.19 bits per heavy atom. The topological polar surface area (TPSA) is 83.4 Å². The molecule has 8 nitrogen and oxygen atoms in total. The van der Waals surface area contributed by atoms with E-state index in [1.54, 1.807) is 25.1 Å². The summed E-state index contributed by atoms with van der Waals surface area (Å²) in [6, 6.07) is 9.18. The molecule has 1 aliphatic rings. The van der Waals surface area contributed by atoms with Crippen molar-refractivity contribution in [1.29, 1.82) is 0 Å². The average molecular weight is 509 g/mol. The Morgan fingerprint density at radius 3 is 2.75 bits per heavy atom. The van der Waals surface area contributed by atoms with E-state index in [0.717, 1.165) is 35.9 Å². The van der Waals surface area contributed by atoms with Crippen molar-refractivity contribution in [2.24, 2.45) is 0 Å². The second-order valence-electron chi connectivity index (χ2n) is 9.62. The molecule has 0 bridgehead atoms. The zero-order chi connectivity index (χ0) is 25.8. The van der Waals surface area contributed by atoms with Gasteiger partial charge in [0.2, 0.25) is 11.9 Å². The number of aromatic nitrogens is 3. The SMILES string of the molecule is Cc1cc(C(=O)Nc2nc3cccc(C)c3n2[C@@H]2CCCCN(C(=O)/C=C/CN(C)C)C2)cc(Cl)n1. The number of nitrogens with zero attached hydrogens (tertiary/aromatic N) is 5. The fourth-order valence-electron chi connectivity index (χ4n) is 4.70. The number of aryl methyl sites for hydroxylation is 2. The van der Waals surface area contributed by atoms with Crippen LogP contribution in [0.15, 0.2) is 42.5 Å². The van der Waals surface area contributed by atoms with E-state index in [4.69, 9.17) is 16.6 Å². The minimum absolute atomic E-state index is 0.0115. The first-order chi connectivity index (χ1) is 17.2. The molecule has 9 heteroatoms. The van der Waals surface area contributed by atoms with Crippen molar-refractivity contribution in [3.05, 3.63) is 64.5 Å². The molecule has 1 aliphatic heterocycles. The molecule has 2 amide bonds. The normalized spacial score (nSPS) is 16.6. The summed E-state index contributed by atoms with van der Waals surface area (Å²) in [5.74, 6) is 0.180. The van der Waals surface area contributed by atoms with E-state index in [1.165, 1.54) is 0 Å². The minimum Gasteiger partial charge on any atom is -0.337 e. The Balaban J connectivity index is 1.68. The molecule has 0 aliphatic carbocycles. The number of imidazole rings is 1. The predicted molar refractivity (Wildman–Crippen MR) is 144 cm³/mol. The average Bonchev–Trinajstić information content (AvgIpc) is 3.00. The number of benzene rings is 1. The van der Waals surface area contributed by atoms with E-state index in [1.807, 2.05) is 55.1 Å². The van der Waals surface area contributed by atoms with Gasteiger partial charge in [-0.2, -0.15) is 0 Å². The number of anilines is 1. The van der Waals surface area contributed by atoms with Gasteiger partial charge in [0.15, 0.2) is 0 Å². The fourth-order valence-corrected chi connectivity index (χ4v) is 4.95. The number of hydrogen-bond acceptors (Lipinski definition) is 5. The summed E-state index contributed by atoms with van der Waals surface area (Å²) in [6.07, 6.45) is 6.36. The molecule has 190 valence electrons. The number of rotatable bonds is 6. The number of halogens is 1. The number of likely N-dealkylation sites (N-methyl/N-ethyl adjacent to an activating group) is 1. The molecule has 3 aromatic rings. The Labute approximate surface area is 217 Å². The summed E-state index contributed by atoms with van der Waals surface area (Å²) in [7, 11) is 3.95. The van der Waals surface area contributed by atoms with E-state index < -0.39 is 0 Å². The number of hydrogen-bond donors (Lipinski definition) is 1. The molecule has 0 saturated carbocycles. The minimum atomic E-state index is -0.301. The Bertz CT molecular complexity index is 1280. The molecule has 36 heavy (non-hydrogen) atoms. The third-order valence-corrected chi connectivity index (χ3v) is 6.57. The predicted octanol–water partition coefficient (Wildman–Crippen LogP) is 4.63. The molecular formula is C27H33ClN6O2. The van der Waals surface area contributed by atoms with Gasteiger partial charge in [-0.25, -0.2) is 9.97 Å². The van der Waals surface area contributed by atoms with Crippen molar-refractivity contribution in [2.75, 3.05) is 39.0 Å². The van der Waals surface area contributed by atoms with Crippen molar-refractivity contribution in [3.8, 4) is 0 Å². The van der Waals surface area contributed by atoms with Crippen LogP contribution in [-0.4, -0.2) is 69.9 Å². The molecule has 0 radical (unpaired) electrons. The van der Waals surface area contributed by atoms with Gasteiger partial charge in [0.1, 0.15) is 5.15 Å². The van der Waals surface area contributed by atoms with E-state index in [2.05, 4.69) is 14.9 Å². The largest absolute Gasteiger partial charge is 0.337 e. The highest BCUT2D eigenvalue weighted by Gasteiger charge is 2.27. The van der Waals surface area contributed by atoms with E-state index >= 15 is 0 Å². The highest BCUT2D eigenvalue weighted by Crippen LogP contribution is 2.32. The lowest BCUT2D eigenvalue weighted by atomic mass is 10.1. The standard InChI is InChI=1S/C27H33ClN6O2/c1-18-9-7-11-22-25(18)34(27(30-22)31-26(36)20-15-19(2)29-23(28)16-20)21-10-5-6-14-33(17-21)24(35)12-8-13-32(3)4/h7-9,11-12,15-16,21H,5-6,10,13-14,17H2,1-4H3,(H,30,31,36)/b12-8+/t21-/m1/s1. The van der Waals surface area contributed by atoms with Crippen molar-refractivity contribution in [3.63, 3.8) is 0 Å². The number of pyridine rings is 1. The quantitative estimate of drug-likeness (QED) is 0.388. The van der Waals surface area contributed by atoms with Gasteiger partial charge in [0.05, 0.1) is 17.1 Å². The van der Waals surface area contributed by atoms with Crippen LogP contribution in [0.4, 0.5) is 5.95 Å². The summed E-state index contributed by atoms with van der Waals surface area (Å²) >= 11 is 6.09. The highest BCUT2D eigenvalue weighted by atomic mass is 35.5. The van der Waals surface area contributed by atoms with Crippen LogP contribution in [-0.2, 0) is 4.79 Å². The number of carbonyl (C=O) groups is 2. The Kier molecular flexibility index (Phi) is 8.06. The summed E-state index contributed by atoms with van der Waals surface area (Å²) < 4.78 is 2.10. The molecule has 0 spiro atoms. The van der Waals surface area contributed by atoms with Crippen molar-refractivity contribution in [1.82, 2.24) is 24.3 Å². The zero-order valence-electron chi connectivity index (χ0n) is 21.3. The summed E-state index contributed by atoms with van der Waals surface area (Å²) in [5.41, 5.74) is 3.93. The van der Waals surface area contributed by atoms with Crippen LogP contribution in [0.3, 0.4) is 0 Å². The van der Waals surface area contributed by atoms with Crippen LogP contribution in [0.25, 0.3) is 11.0 Å². The second-order valence-corrected chi connectivity index (χ2v) is 10.0. The van der Waals surface area contributed by atoms with Crippen molar-refractivity contribution < 1.29 is 9.59 Å². The Morgan fingerprint density at radius 2 is 2.00 bits per heavy atom. The monoisotopic (exact) mass is 508 g/mol. The van der Waals surface area contributed by atoms with Gasteiger partial charge in [-0.3, -0.25) is 14.9 Å². The Hall–Kier alpha value is -3.23. The van der Waals surface area contributed by atoms with Crippen molar-refractivity contribution >= 4 is 40.4 Å². The maximum atomic E-state index is 13.2. The molecule has 2 aromatic heterocycles. The first-order valence-electron chi connectivity index (χ1n) is 12.3. The molecule has 3 heterocycles. The van der Waals surface area contributed by atoms with Crippen LogP contribution >= 0.6 is 11.6 Å². The van der Waals surface area contributed by atoms with Crippen LogP contribution in [0.1, 0.15) is 46.9 Å². The molecule has 1 saturated heterocycles.